The van der Waals surface area contributed by atoms with Crippen molar-refractivity contribution in [3.05, 3.63) is 36.5 Å². The molecular formula is C11H8FN5S. The van der Waals surface area contributed by atoms with Crippen LogP contribution in [0, 0.1) is 5.95 Å². The van der Waals surface area contributed by atoms with Gasteiger partial charge in [0.2, 0.25) is 5.95 Å². The summed E-state index contributed by atoms with van der Waals surface area (Å²) >= 11 is 1.27. The monoisotopic (exact) mass is 261 g/mol. The van der Waals surface area contributed by atoms with Crippen molar-refractivity contribution in [3.8, 4) is 21.8 Å². The second kappa shape index (κ2) is 4.19. The van der Waals surface area contributed by atoms with Crippen LogP contribution in [0.25, 0.3) is 21.8 Å². The van der Waals surface area contributed by atoms with Crippen molar-refractivity contribution < 1.29 is 4.39 Å². The molecule has 3 aromatic rings. The van der Waals surface area contributed by atoms with E-state index in [1.807, 2.05) is 18.2 Å². The number of H-pyrrole nitrogens is 1. The van der Waals surface area contributed by atoms with Crippen LogP contribution in [-0.4, -0.2) is 20.2 Å². The molecule has 0 aliphatic heterocycles. The number of nitrogens with zero attached hydrogens (tertiary/aromatic N) is 3. The van der Waals surface area contributed by atoms with Gasteiger partial charge >= 0.3 is 0 Å². The van der Waals surface area contributed by atoms with Crippen LogP contribution < -0.4 is 5.73 Å². The van der Waals surface area contributed by atoms with Crippen LogP contribution in [0.4, 0.5) is 9.52 Å². The number of hydrogen-bond donors (Lipinski definition) is 2. The predicted molar refractivity (Wildman–Crippen MR) is 67.3 cm³/mol. The van der Waals surface area contributed by atoms with Crippen molar-refractivity contribution >= 4 is 16.5 Å². The number of nitrogens with two attached hydrogens (primary N) is 1. The zero-order chi connectivity index (χ0) is 12.5. The first-order chi connectivity index (χ1) is 8.75. The molecule has 18 heavy (non-hydrogen) atoms. The maximum atomic E-state index is 13.5. The number of hydrogen-bond acceptors (Lipinski definition) is 5. The van der Waals surface area contributed by atoms with Crippen molar-refractivity contribution in [2.24, 2.45) is 0 Å². The Hall–Kier alpha value is -2.28. The Labute approximate surface area is 106 Å². The first-order valence-electron chi connectivity index (χ1n) is 5.12. The highest BCUT2D eigenvalue weighted by Crippen LogP contribution is 2.37. The van der Waals surface area contributed by atoms with E-state index in [0.717, 1.165) is 4.88 Å². The molecule has 0 bridgehead atoms. The van der Waals surface area contributed by atoms with Crippen molar-refractivity contribution in [1.82, 2.24) is 20.2 Å². The van der Waals surface area contributed by atoms with E-state index in [9.17, 15) is 4.39 Å². The molecule has 5 nitrogen and oxygen atoms in total. The Bertz CT molecular complexity index is 676. The molecule has 3 rings (SSSR count). The van der Waals surface area contributed by atoms with E-state index in [1.165, 1.54) is 17.5 Å². The van der Waals surface area contributed by atoms with Crippen molar-refractivity contribution in [2.75, 3.05) is 5.73 Å². The van der Waals surface area contributed by atoms with Gasteiger partial charge in [0.1, 0.15) is 0 Å². The molecule has 0 unspecified atom stereocenters. The standard InChI is InChI=1S/C11H8FN5S/c12-10-6(5-15-17-10)8-9(18-11(13)16-8)7-3-1-2-4-14-7/h1-5H,(H2,13,16)(H,15,17). The molecule has 0 radical (unpaired) electrons. The van der Waals surface area contributed by atoms with E-state index in [-0.39, 0.29) is 0 Å². The minimum Gasteiger partial charge on any atom is -0.375 e. The highest BCUT2D eigenvalue weighted by atomic mass is 32.1. The predicted octanol–water partition coefficient (Wildman–Crippen LogP) is 2.32. The van der Waals surface area contributed by atoms with Crippen LogP contribution in [0.3, 0.4) is 0 Å². The van der Waals surface area contributed by atoms with Crippen LogP contribution in [-0.2, 0) is 0 Å². The molecule has 3 aromatic heterocycles. The summed E-state index contributed by atoms with van der Waals surface area (Å²) in [4.78, 5) is 9.10. The lowest BCUT2D eigenvalue weighted by Crippen LogP contribution is -1.86. The molecule has 0 aliphatic rings. The number of aromatic nitrogens is 4. The lowest BCUT2D eigenvalue weighted by molar-refractivity contribution is 0.581. The van der Waals surface area contributed by atoms with Gasteiger partial charge in [-0.25, -0.2) is 4.98 Å². The van der Waals surface area contributed by atoms with Gasteiger partial charge in [-0.05, 0) is 12.1 Å². The number of rotatable bonds is 2. The first-order valence-corrected chi connectivity index (χ1v) is 5.94. The summed E-state index contributed by atoms with van der Waals surface area (Å²) in [5, 5.41) is 6.25. The molecule has 0 saturated carbocycles. The Kier molecular flexibility index (Phi) is 2.52. The summed E-state index contributed by atoms with van der Waals surface area (Å²) in [5.41, 5.74) is 7.17. The van der Waals surface area contributed by atoms with Crippen molar-refractivity contribution in [1.29, 1.82) is 0 Å². The maximum Gasteiger partial charge on any atom is 0.218 e. The average Bonchev–Trinajstić information content (AvgIpc) is 2.96. The Morgan fingerprint density at radius 2 is 2.22 bits per heavy atom. The van der Waals surface area contributed by atoms with E-state index in [1.54, 1.807) is 6.20 Å². The number of halogens is 1. The van der Waals surface area contributed by atoms with Gasteiger partial charge in [0.05, 0.1) is 28.0 Å². The smallest absolute Gasteiger partial charge is 0.218 e. The van der Waals surface area contributed by atoms with Gasteiger partial charge in [-0.3, -0.25) is 10.1 Å². The van der Waals surface area contributed by atoms with Crippen LogP contribution in [0.5, 0.6) is 0 Å². The molecule has 90 valence electrons. The van der Waals surface area contributed by atoms with Crippen LogP contribution in [0.2, 0.25) is 0 Å². The van der Waals surface area contributed by atoms with E-state index >= 15 is 0 Å². The Morgan fingerprint density at radius 3 is 2.89 bits per heavy atom. The van der Waals surface area contributed by atoms with Crippen LogP contribution in [0.15, 0.2) is 30.6 Å². The van der Waals surface area contributed by atoms with Gasteiger partial charge < -0.3 is 5.73 Å². The number of nitrogen functional groups attached to an aromatic ring is 1. The normalized spacial score (nSPS) is 10.7. The first kappa shape index (κ1) is 10.8. The fourth-order valence-corrected chi connectivity index (χ4v) is 2.45. The second-order valence-electron chi connectivity index (χ2n) is 3.54. The molecule has 0 spiro atoms. The topological polar surface area (TPSA) is 80.5 Å². The highest BCUT2D eigenvalue weighted by molar-refractivity contribution is 7.19. The van der Waals surface area contributed by atoms with Gasteiger partial charge in [-0.15, -0.1) is 0 Å². The molecule has 0 atom stereocenters. The molecule has 7 heteroatoms. The van der Waals surface area contributed by atoms with E-state index in [0.29, 0.717) is 22.1 Å². The number of pyridine rings is 1. The zero-order valence-corrected chi connectivity index (χ0v) is 9.91. The summed E-state index contributed by atoms with van der Waals surface area (Å²) in [6.07, 6.45) is 3.05. The minimum atomic E-state index is -0.530. The molecule has 3 N–H and O–H groups in total. The molecule has 0 aromatic carbocycles. The second-order valence-corrected chi connectivity index (χ2v) is 4.57. The number of anilines is 1. The third-order valence-corrected chi connectivity index (χ3v) is 3.30. The Balaban J connectivity index is 2.20. The third-order valence-electron chi connectivity index (χ3n) is 2.39. The summed E-state index contributed by atoms with van der Waals surface area (Å²) < 4.78 is 13.5. The van der Waals surface area contributed by atoms with Gasteiger partial charge in [-0.1, -0.05) is 17.4 Å². The Morgan fingerprint density at radius 1 is 1.33 bits per heavy atom. The fourth-order valence-electron chi connectivity index (χ4n) is 1.63. The number of thiazole rings is 1. The number of aromatic amines is 1. The van der Waals surface area contributed by atoms with Crippen LogP contribution in [0.1, 0.15) is 0 Å². The highest BCUT2D eigenvalue weighted by Gasteiger charge is 2.18. The van der Waals surface area contributed by atoms with Gasteiger partial charge in [0.25, 0.3) is 0 Å². The summed E-state index contributed by atoms with van der Waals surface area (Å²) in [6.45, 7) is 0. The lowest BCUT2D eigenvalue weighted by Gasteiger charge is -1.98. The third kappa shape index (κ3) is 1.74. The maximum absolute atomic E-state index is 13.5. The van der Waals surface area contributed by atoms with Crippen LogP contribution >= 0.6 is 11.3 Å². The fraction of sp³-hybridized carbons (Fsp3) is 0. The van der Waals surface area contributed by atoms with E-state index in [2.05, 4.69) is 20.2 Å². The SMILES string of the molecule is Nc1nc(-c2cn[nH]c2F)c(-c2ccccn2)s1. The molecule has 3 heterocycles. The molecular weight excluding hydrogens is 253 g/mol. The van der Waals surface area contributed by atoms with Crippen molar-refractivity contribution in [3.63, 3.8) is 0 Å². The zero-order valence-electron chi connectivity index (χ0n) is 9.09. The summed E-state index contributed by atoms with van der Waals surface area (Å²) in [6, 6.07) is 5.49. The van der Waals surface area contributed by atoms with E-state index in [4.69, 9.17) is 5.73 Å². The lowest BCUT2D eigenvalue weighted by atomic mass is 10.2. The minimum absolute atomic E-state index is 0.295. The number of nitrogens with one attached hydrogen (secondary N) is 1. The molecule has 0 saturated heterocycles. The van der Waals surface area contributed by atoms with Crippen molar-refractivity contribution in [2.45, 2.75) is 0 Å². The van der Waals surface area contributed by atoms with Gasteiger partial charge in [0, 0.05) is 6.20 Å². The van der Waals surface area contributed by atoms with E-state index < -0.39 is 5.95 Å². The average molecular weight is 261 g/mol. The molecule has 0 amide bonds. The van der Waals surface area contributed by atoms with Gasteiger partial charge in [-0.2, -0.15) is 9.49 Å². The summed E-state index contributed by atoms with van der Waals surface area (Å²) in [5.74, 6) is -0.530. The molecule has 0 fully saturated rings. The molecule has 0 aliphatic carbocycles. The quantitative estimate of drug-likeness (QED) is 0.741. The summed E-state index contributed by atoms with van der Waals surface area (Å²) in [7, 11) is 0. The van der Waals surface area contributed by atoms with Gasteiger partial charge in [0.15, 0.2) is 5.13 Å². The largest absolute Gasteiger partial charge is 0.375 e.